The standard InChI is InChI=1S/C30H27N3O3/c1-21-13-14-24(31-32-29(22-9-5-3-6-10-22)23-11-7-4-8-12-23)19-26(21)30(34)33(2)25-15-16-27-28(20-25)36-18-17-35-27/h3-16,19-20,31H,17-18H2,1-2H3. The first-order valence-electron chi connectivity index (χ1n) is 11.8. The van der Waals surface area contributed by atoms with Crippen molar-refractivity contribution in [2.45, 2.75) is 6.92 Å². The van der Waals surface area contributed by atoms with Crippen LogP contribution in [0.25, 0.3) is 0 Å². The van der Waals surface area contributed by atoms with Gasteiger partial charge in [0.1, 0.15) is 13.2 Å². The highest BCUT2D eigenvalue weighted by molar-refractivity contribution is 6.13. The van der Waals surface area contributed by atoms with E-state index in [4.69, 9.17) is 14.6 Å². The Morgan fingerprint density at radius 2 is 1.44 bits per heavy atom. The molecule has 0 saturated carbocycles. The molecule has 4 aromatic carbocycles. The molecule has 1 aliphatic heterocycles. The summed E-state index contributed by atoms with van der Waals surface area (Å²) in [6.45, 7) is 2.95. The van der Waals surface area contributed by atoms with Crippen LogP contribution in [0, 0.1) is 6.92 Å². The zero-order chi connectivity index (χ0) is 24.9. The summed E-state index contributed by atoms with van der Waals surface area (Å²) in [4.78, 5) is 15.1. The second-order valence-electron chi connectivity index (χ2n) is 8.53. The van der Waals surface area contributed by atoms with Gasteiger partial charge in [0.15, 0.2) is 11.5 Å². The molecule has 0 radical (unpaired) electrons. The van der Waals surface area contributed by atoms with E-state index in [1.807, 2.05) is 104 Å². The quantitative estimate of drug-likeness (QED) is 0.277. The molecule has 4 aromatic rings. The minimum absolute atomic E-state index is 0.122. The molecule has 0 fully saturated rings. The van der Waals surface area contributed by atoms with Crippen molar-refractivity contribution in [3.63, 3.8) is 0 Å². The Hall–Kier alpha value is -4.58. The van der Waals surface area contributed by atoms with Crippen molar-refractivity contribution in [2.24, 2.45) is 5.10 Å². The number of amides is 1. The van der Waals surface area contributed by atoms with Crippen molar-refractivity contribution in [3.8, 4) is 11.5 Å². The SMILES string of the molecule is Cc1ccc(NN=C(c2ccccc2)c2ccccc2)cc1C(=O)N(C)c1ccc2c(c1)OCCO2. The number of fused-ring (bicyclic) bond motifs is 1. The van der Waals surface area contributed by atoms with Gasteiger partial charge in [0.25, 0.3) is 5.91 Å². The number of hydrogen-bond donors (Lipinski definition) is 1. The van der Waals surface area contributed by atoms with Crippen LogP contribution < -0.4 is 19.8 Å². The molecule has 0 spiro atoms. The normalized spacial score (nSPS) is 11.9. The molecule has 6 heteroatoms. The second-order valence-corrected chi connectivity index (χ2v) is 8.53. The molecule has 0 saturated heterocycles. The number of rotatable bonds is 6. The Labute approximate surface area is 210 Å². The maximum absolute atomic E-state index is 13.5. The number of hydrazone groups is 1. The minimum atomic E-state index is -0.122. The lowest BCUT2D eigenvalue weighted by Gasteiger charge is -2.23. The first kappa shape index (κ1) is 23.2. The van der Waals surface area contributed by atoms with Crippen molar-refractivity contribution in [3.05, 3.63) is 119 Å². The lowest BCUT2D eigenvalue weighted by atomic mass is 10.0. The largest absolute Gasteiger partial charge is 0.486 e. The zero-order valence-corrected chi connectivity index (χ0v) is 20.3. The number of hydrogen-bond acceptors (Lipinski definition) is 5. The second kappa shape index (κ2) is 10.4. The molecule has 0 atom stereocenters. The zero-order valence-electron chi connectivity index (χ0n) is 20.3. The molecule has 6 nitrogen and oxygen atoms in total. The van der Waals surface area contributed by atoms with Gasteiger partial charge in [-0.3, -0.25) is 10.2 Å². The van der Waals surface area contributed by atoms with Gasteiger partial charge >= 0.3 is 0 Å². The van der Waals surface area contributed by atoms with Crippen molar-refractivity contribution >= 4 is 23.0 Å². The van der Waals surface area contributed by atoms with E-state index in [0.29, 0.717) is 30.3 Å². The van der Waals surface area contributed by atoms with Crippen molar-refractivity contribution < 1.29 is 14.3 Å². The Kier molecular flexibility index (Phi) is 6.67. The molecule has 0 unspecified atom stereocenters. The van der Waals surface area contributed by atoms with Gasteiger partial charge in [-0.2, -0.15) is 5.10 Å². The fraction of sp³-hybridized carbons (Fsp3) is 0.133. The summed E-state index contributed by atoms with van der Waals surface area (Å²) in [5, 5.41) is 4.73. The third-order valence-electron chi connectivity index (χ3n) is 6.08. The smallest absolute Gasteiger partial charge is 0.258 e. The molecule has 5 rings (SSSR count). The van der Waals surface area contributed by atoms with E-state index in [2.05, 4.69) is 5.43 Å². The molecule has 1 amide bonds. The minimum Gasteiger partial charge on any atom is -0.486 e. The fourth-order valence-electron chi connectivity index (χ4n) is 4.07. The van der Waals surface area contributed by atoms with Crippen LogP contribution in [0.15, 0.2) is 102 Å². The highest BCUT2D eigenvalue weighted by Crippen LogP contribution is 2.34. The van der Waals surface area contributed by atoms with Crippen LogP contribution in [-0.4, -0.2) is 31.9 Å². The molecule has 0 aliphatic carbocycles. The van der Waals surface area contributed by atoms with Crippen LogP contribution >= 0.6 is 0 Å². The van der Waals surface area contributed by atoms with Crippen LogP contribution in [0.3, 0.4) is 0 Å². The summed E-state index contributed by atoms with van der Waals surface area (Å²) in [6, 6.07) is 31.2. The molecule has 180 valence electrons. The fourth-order valence-corrected chi connectivity index (χ4v) is 4.07. The highest BCUT2D eigenvalue weighted by Gasteiger charge is 2.19. The number of nitrogens with one attached hydrogen (secondary N) is 1. The number of anilines is 2. The van der Waals surface area contributed by atoms with Gasteiger partial charge in [-0.15, -0.1) is 0 Å². The van der Waals surface area contributed by atoms with Gasteiger partial charge in [0.05, 0.1) is 11.4 Å². The number of ether oxygens (including phenoxy) is 2. The van der Waals surface area contributed by atoms with Crippen molar-refractivity contribution in [1.29, 1.82) is 0 Å². The molecule has 0 aromatic heterocycles. The Morgan fingerprint density at radius 1 is 0.806 bits per heavy atom. The average Bonchev–Trinajstić information content (AvgIpc) is 2.94. The lowest BCUT2D eigenvalue weighted by molar-refractivity contribution is 0.0992. The lowest BCUT2D eigenvalue weighted by Crippen LogP contribution is -2.27. The first-order valence-corrected chi connectivity index (χ1v) is 11.8. The van der Waals surface area contributed by atoms with Gasteiger partial charge < -0.3 is 14.4 Å². The van der Waals surface area contributed by atoms with Gasteiger partial charge in [-0.05, 0) is 36.8 Å². The predicted octanol–water partition coefficient (Wildman–Crippen LogP) is 5.91. The van der Waals surface area contributed by atoms with E-state index in [9.17, 15) is 4.79 Å². The molecule has 1 aliphatic rings. The number of nitrogens with zero attached hydrogens (tertiary/aromatic N) is 2. The third kappa shape index (κ3) is 4.93. The maximum Gasteiger partial charge on any atom is 0.258 e. The maximum atomic E-state index is 13.5. The van der Waals surface area contributed by atoms with Crippen molar-refractivity contribution in [2.75, 3.05) is 30.6 Å². The monoisotopic (exact) mass is 477 g/mol. The van der Waals surface area contributed by atoms with Crippen LogP contribution in [0.2, 0.25) is 0 Å². The summed E-state index contributed by atoms with van der Waals surface area (Å²) in [6.07, 6.45) is 0. The molecule has 1 N–H and O–H groups in total. The van der Waals surface area contributed by atoms with Gasteiger partial charge in [0, 0.05) is 35.5 Å². The van der Waals surface area contributed by atoms with E-state index in [1.165, 1.54) is 0 Å². The number of aryl methyl sites for hydroxylation is 1. The third-order valence-corrected chi connectivity index (χ3v) is 6.08. The summed E-state index contributed by atoms with van der Waals surface area (Å²) < 4.78 is 11.3. The molecule has 1 heterocycles. The van der Waals surface area contributed by atoms with Gasteiger partial charge in [-0.25, -0.2) is 0 Å². The summed E-state index contributed by atoms with van der Waals surface area (Å²) >= 11 is 0. The summed E-state index contributed by atoms with van der Waals surface area (Å²) in [7, 11) is 1.76. The Morgan fingerprint density at radius 3 is 2.11 bits per heavy atom. The van der Waals surface area contributed by atoms with Crippen LogP contribution in [0.1, 0.15) is 27.0 Å². The average molecular weight is 478 g/mol. The molecule has 36 heavy (non-hydrogen) atoms. The first-order chi connectivity index (χ1) is 17.6. The number of benzene rings is 4. The summed E-state index contributed by atoms with van der Waals surface area (Å²) in [5.41, 5.74) is 8.91. The predicted molar refractivity (Wildman–Crippen MR) is 143 cm³/mol. The van der Waals surface area contributed by atoms with E-state index in [-0.39, 0.29) is 5.91 Å². The van der Waals surface area contributed by atoms with Crippen molar-refractivity contribution in [1.82, 2.24) is 0 Å². The van der Waals surface area contributed by atoms with Crippen LogP contribution in [-0.2, 0) is 0 Å². The van der Waals surface area contributed by atoms with E-state index in [0.717, 1.165) is 33.8 Å². The number of carbonyl (C=O) groups excluding carboxylic acids is 1. The molecule has 0 bridgehead atoms. The molecular formula is C30H27N3O3. The summed E-state index contributed by atoms with van der Waals surface area (Å²) in [5.74, 6) is 1.22. The topological polar surface area (TPSA) is 63.2 Å². The van der Waals surface area contributed by atoms with E-state index in [1.54, 1.807) is 11.9 Å². The van der Waals surface area contributed by atoms with E-state index >= 15 is 0 Å². The van der Waals surface area contributed by atoms with Gasteiger partial charge in [0.2, 0.25) is 0 Å². The van der Waals surface area contributed by atoms with Crippen LogP contribution in [0.4, 0.5) is 11.4 Å². The Bertz CT molecular complexity index is 1360. The van der Waals surface area contributed by atoms with Gasteiger partial charge in [-0.1, -0.05) is 66.7 Å². The number of carbonyl (C=O) groups is 1. The van der Waals surface area contributed by atoms with E-state index < -0.39 is 0 Å². The molecular weight excluding hydrogens is 450 g/mol. The van der Waals surface area contributed by atoms with Crippen LogP contribution in [0.5, 0.6) is 11.5 Å². The highest BCUT2D eigenvalue weighted by atomic mass is 16.6. The Balaban J connectivity index is 1.42.